The third kappa shape index (κ3) is 2.89. The van der Waals surface area contributed by atoms with Crippen LogP contribution in [0.2, 0.25) is 5.02 Å². The van der Waals surface area contributed by atoms with Crippen LogP contribution in [0.3, 0.4) is 0 Å². The molecule has 0 spiro atoms. The highest BCUT2D eigenvalue weighted by Gasteiger charge is 2.42. The van der Waals surface area contributed by atoms with Crippen molar-refractivity contribution < 1.29 is 9.21 Å². The number of furan rings is 1. The summed E-state index contributed by atoms with van der Waals surface area (Å²) in [4.78, 5) is 12.4. The van der Waals surface area contributed by atoms with E-state index in [0.717, 1.165) is 18.4 Å². The minimum atomic E-state index is -0.367. The number of benzene rings is 1. The molecule has 0 radical (unpaired) electrons. The average Bonchev–Trinajstić information content (AvgIpc) is 3.26. The lowest BCUT2D eigenvalue weighted by Gasteiger charge is -2.28. The second kappa shape index (κ2) is 5.78. The van der Waals surface area contributed by atoms with Gasteiger partial charge in [0.2, 0.25) is 0 Å². The van der Waals surface area contributed by atoms with Crippen molar-refractivity contribution in [1.82, 2.24) is 5.32 Å². The van der Waals surface area contributed by atoms with Gasteiger partial charge < -0.3 is 15.5 Å². The second-order valence-electron chi connectivity index (χ2n) is 5.99. The number of nitrogens with one attached hydrogen (secondary N) is 1. The molecule has 0 aliphatic heterocycles. The van der Waals surface area contributed by atoms with Gasteiger partial charge in [0.05, 0.1) is 10.6 Å². The molecule has 1 aliphatic carbocycles. The maximum Gasteiger partial charge on any atom is 0.287 e. The predicted octanol–water partition coefficient (Wildman–Crippen LogP) is 3.46. The third-order valence-electron chi connectivity index (χ3n) is 4.27. The van der Waals surface area contributed by atoms with Crippen LogP contribution in [0.25, 0.3) is 11.3 Å². The molecule has 5 heteroatoms. The Morgan fingerprint density at radius 2 is 2.09 bits per heavy atom. The number of hydrogen-bond acceptors (Lipinski definition) is 3. The molecule has 3 rings (SSSR count). The van der Waals surface area contributed by atoms with E-state index in [-0.39, 0.29) is 17.2 Å². The summed E-state index contributed by atoms with van der Waals surface area (Å²) >= 11 is 6.15. The van der Waals surface area contributed by atoms with Crippen LogP contribution in [-0.2, 0) is 0 Å². The third-order valence-corrected chi connectivity index (χ3v) is 4.60. The molecule has 1 aromatic carbocycles. The lowest BCUT2D eigenvalue weighted by Crippen LogP contribution is -2.53. The summed E-state index contributed by atoms with van der Waals surface area (Å²) in [6.45, 7) is 2.40. The van der Waals surface area contributed by atoms with Gasteiger partial charge in [-0.2, -0.15) is 0 Å². The molecule has 22 heavy (non-hydrogen) atoms. The Morgan fingerprint density at radius 1 is 1.36 bits per heavy atom. The van der Waals surface area contributed by atoms with Crippen LogP contribution in [0.15, 0.2) is 40.8 Å². The minimum absolute atomic E-state index is 0.238. The first-order valence-electron chi connectivity index (χ1n) is 7.41. The molecule has 4 nitrogen and oxygen atoms in total. The van der Waals surface area contributed by atoms with E-state index in [1.807, 2.05) is 25.1 Å². The van der Waals surface area contributed by atoms with E-state index in [9.17, 15) is 4.79 Å². The Kier molecular flexibility index (Phi) is 3.98. The number of amides is 1. The number of nitrogens with two attached hydrogens (primary N) is 1. The Labute approximate surface area is 134 Å². The summed E-state index contributed by atoms with van der Waals surface area (Å²) in [7, 11) is 0. The molecular formula is C17H19ClN2O2. The fourth-order valence-corrected chi connectivity index (χ4v) is 2.86. The predicted molar refractivity (Wildman–Crippen MR) is 86.8 cm³/mol. The van der Waals surface area contributed by atoms with Gasteiger partial charge in [-0.1, -0.05) is 23.7 Å². The van der Waals surface area contributed by atoms with Crippen LogP contribution in [0.1, 0.15) is 30.3 Å². The maximum absolute atomic E-state index is 12.4. The molecule has 1 heterocycles. The highest BCUT2D eigenvalue weighted by atomic mass is 35.5. The van der Waals surface area contributed by atoms with Crippen molar-refractivity contribution >= 4 is 17.5 Å². The van der Waals surface area contributed by atoms with Gasteiger partial charge in [-0.3, -0.25) is 4.79 Å². The molecule has 1 aliphatic rings. The molecule has 0 bridgehead atoms. The molecule has 0 saturated heterocycles. The SMILES string of the molecule is CC(CN)(NC(=O)c1ccc(-c2ccccc2Cl)o1)C1CC1. The molecule has 1 saturated carbocycles. The fraction of sp³-hybridized carbons (Fsp3) is 0.353. The number of carbonyl (C=O) groups is 1. The molecule has 3 N–H and O–H groups in total. The van der Waals surface area contributed by atoms with Crippen LogP contribution in [0, 0.1) is 5.92 Å². The first-order valence-corrected chi connectivity index (χ1v) is 7.78. The highest BCUT2D eigenvalue weighted by Crippen LogP contribution is 2.39. The number of carbonyl (C=O) groups excluding carboxylic acids is 1. The van der Waals surface area contributed by atoms with Crippen molar-refractivity contribution in [2.24, 2.45) is 11.7 Å². The molecule has 1 aromatic heterocycles. The minimum Gasteiger partial charge on any atom is -0.451 e. The Hall–Kier alpha value is -1.78. The van der Waals surface area contributed by atoms with Gasteiger partial charge in [-0.25, -0.2) is 0 Å². The van der Waals surface area contributed by atoms with Gasteiger partial charge in [0.25, 0.3) is 5.91 Å². The number of rotatable bonds is 5. The standard InChI is InChI=1S/C17H19ClN2O2/c1-17(10-19,11-6-7-11)20-16(21)15-9-8-14(22-15)12-4-2-3-5-13(12)18/h2-5,8-9,11H,6-7,10,19H2,1H3,(H,20,21). The van der Waals surface area contributed by atoms with Gasteiger partial charge in [0.1, 0.15) is 5.76 Å². The fourth-order valence-electron chi connectivity index (χ4n) is 2.63. The normalized spacial score (nSPS) is 17.0. The second-order valence-corrected chi connectivity index (χ2v) is 6.40. The zero-order valence-electron chi connectivity index (χ0n) is 12.4. The van der Waals surface area contributed by atoms with Crippen LogP contribution in [0.5, 0.6) is 0 Å². The molecule has 116 valence electrons. The Morgan fingerprint density at radius 3 is 2.73 bits per heavy atom. The quantitative estimate of drug-likeness (QED) is 0.887. The number of hydrogen-bond donors (Lipinski definition) is 2. The van der Waals surface area contributed by atoms with E-state index in [1.165, 1.54) is 0 Å². The van der Waals surface area contributed by atoms with Crippen molar-refractivity contribution in [3.05, 3.63) is 47.2 Å². The lowest BCUT2D eigenvalue weighted by molar-refractivity contribution is 0.0870. The zero-order valence-corrected chi connectivity index (χ0v) is 13.2. The maximum atomic E-state index is 12.4. The van der Waals surface area contributed by atoms with Crippen LogP contribution in [0.4, 0.5) is 0 Å². The van der Waals surface area contributed by atoms with Gasteiger partial charge in [-0.15, -0.1) is 0 Å². The average molecular weight is 319 g/mol. The summed E-state index contributed by atoms with van der Waals surface area (Å²) < 4.78 is 5.67. The van der Waals surface area contributed by atoms with Crippen molar-refractivity contribution in [1.29, 1.82) is 0 Å². The van der Waals surface area contributed by atoms with Crippen molar-refractivity contribution in [2.75, 3.05) is 6.54 Å². The lowest BCUT2D eigenvalue weighted by atomic mass is 9.96. The van der Waals surface area contributed by atoms with Crippen LogP contribution in [-0.4, -0.2) is 18.0 Å². The Bertz CT molecular complexity index is 693. The summed E-state index contributed by atoms with van der Waals surface area (Å²) in [5, 5.41) is 3.60. The van der Waals surface area contributed by atoms with Crippen LogP contribution >= 0.6 is 11.6 Å². The van der Waals surface area contributed by atoms with Crippen LogP contribution < -0.4 is 11.1 Å². The molecule has 1 unspecified atom stereocenters. The summed E-state index contributed by atoms with van der Waals surface area (Å²) in [5.74, 6) is 1.07. The zero-order chi connectivity index (χ0) is 15.7. The van der Waals surface area contributed by atoms with Crippen molar-refractivity contribution in [3.63, 3.8) is 0 Å². The van der Waals surface area contributed by atoms with Gasteiger partial charge in [0.15, 0.2) is 5.76 Å². The number of halogens is 1. The van der Waals surface area contributed by atoms with E-state index in [0.29, 0.717) is 23.2 Å². The molecule has 1 amide bonds. The van der Waals surface area contributed by atoms with Crippen molar-refractivity contribution in [2.45, 2.75) is 25.3 Å². The summed E-state index contributed by atoms with van der Waals surface area (Å²) in [6.07, 6.45) is 2.22. The van der Waals surface area contributed by atoms with E-state index >= 15 is 0 Å². The molecule has 1 fully saturated rings. The summed E-state index contributed by atoms with van der Waals surface area (Å²) in [5.41, 5.74) is 6.23. The van der Waals surface area contributed by atoms with E-state index in [1.54, 1.807) is 18.2 Å². The highest BCUT2D eigenvalue weighted by molar-refractivity contribution is 6.33. The molecule has 2 aromatic rings. The van der Waals surface area contributed by atoms with Crippen molar-refractivity contribution in [3.8, 4) is 11.3 Å². The first-order chi connectivity index (χ1) is 10.5. The van der Waals surface area contributed by atoms with E-state index in [4.69, 9.17) is 21.8 Å². The van der Waals surface area contributed by atoms with Gasteiger partial charge in [0, 0.05) is 12.1 Å². The Balaban J connectivity index is 1.79. The largest absolute Gasteiger partial charge is 0.451 e. The van der Waals surface area contributed by atoms with Gasteiger partial charge >= 0.3 is 0 Å². The monoisotopic (exact) mass is 318 g/mol. The topological polar surface area (TPSA) is 68.3 Å². The van der Waals surface area contributed by atoms with Gasteiger partial charge in [-0.05, 0) is 49.9 Å². The summed E-state index contributed by atoms with van der Waals surface area (Å²) in [6, 6.07) is 10.8. The smallest absolute Gasteiger partial charge is 0.287 e. The first kappa shape index (κ1) is 15.1. The molecule has 1 atom stereocenters. The van der Waals surface area contributed by atoms with E-state index in [2.05, 4.69) is 5.32 Å². The van der Waals surface area contributed by atoms with E-state index < -0.39 is 0 Å². The molecular weight excluding hydrogens is 300 g/mol.